The number of hydrogen-bond acceptors (Lipinski definition) is 3. The predicted molar refractivity (Wildman–Crippen MR) is 89.8 cm³/mol. The van der Waals surface area contributed by atoms with Gasteiger partial charge in [-0.05, 0) is 37.6 Å². The van der Waals surface area contributed by atoms with E-state index < -0.39 is 0 Å². The summed E-state index contributed by atoms with van der Waals surface area (Å²) in [7, 11) is 1.57. The Morgan fingerprint density at radius 3 is 2.30 bits per heavy atom. The number of carbonyl (C=O) groups is 3. The lowest BCUT2D eigenvalue weighted by Gasteiger charge is -2.18. The Hall–Kier alpha value is -2.63. The summed E-state index contributed by atoms with van der Waals surface area (Å²) in [5.74, 6) is -0.559. The summed E-state index contributed by atoms with van der Waals surface area (Å²) in [6, 6.07) is 6.90. The molecule has 0 bridgehead atoms. The van der Waals surface area contributed by atoms with Gasteiger partial charge in [-0.25, -0.2) is 0 Å². The van der Waals surface area contributed by atoms with E-state index in [0.717, 1.165) is 5.56 Å². The Kier molecular flexibility index (Phi) is 7.53. The zero-order valence-electron chi connectivity index (χ0n) is 13.8. The monoisotopic (exact) mass is 317 g/mol. The second-order valence-electron chi connectivity index (χ2n) is 4.84. The van der Waals surface area contributed by atoms with Gasteiger partial charge >= 0.3 is 0 Å². The molecular weight excluding hydrogens is 294 g/mol. The first kappa shape index (κ1) is 18.4. The molecule has 0 aromatic heterocycles. The molecule has 0 saturated heterocycles. The molecule has 124 valence electrons. The highest BCUT2D eigenvalue weighted by atomic mass is 16.2. The van der Waals surface area contributed by atoms with Crippen LogP contribution in [-0.2, 0) is 9.59 Å². The van der Waals surface area contributed by atoms with Crippen LogP contribution < -0.4 is 10.6 Å². The average Bonchev–Trinajstić information content (AvgIpc) is 2.57. The maximum atomic E-state index is 12.1. The van der Waals surface area contributed by atoms with Crippen molar-refractivity contribution in [3.8, 4) is 0 Å². The zero-order valence-corrected chi connectivity index (χ0v) is 13.8. The Balaban J connectivity index is 2.69. The minimum Gasteiger partial charge on any atom is -0.355 e. The fraction of sp³-hybridized carbons (Fsp3) is 0.353. The molecule has 2 N–H and O–H groups in total. The maximum Gasteiger partial charge on any atom is 0.251 e. The summed E-state index contributed by atoms with van der Waals surface area (Å²) in [5, 5.41) is 5.21. The minimum atomic E-state index is -0.228. The van der Waals surface area contributed by atoms with Crippen molar-refractivity contribution < 1.29 is 14.4 Å². The van der Waals surface area contributed by atoms with Gasteiger partial charge in [-0.15, -0.1) is 0 Å². The molecule has 23 heavy (non-hydrogen) atoms. The van der Waals surface area contributed by atoms with E-state index in [-0.39, 0.29) is 24.3 Å². The number of carbonyl (C=O) groups excluding carboxylic acids is 3. The van der Waals surface area contributed by atoms with Crippen LogP contribution in [0.25, 0.3) is 6.08 Å². The molecule has 0 aliphatic heterocycles. The third kappa shape index (κ3) is 5.94. The van der Waals surface area contributed by atoms with Crippen LogP contribution in [0, 0.1) is 0 Å². The Morgan fingerprint density at radius 1 is 1.13 bits per heavy atom. The lowest BCUT2D eigenvalue weighted by Crippen LogP contribution is -2.39. The molecule has 0 aliphatic rings. The lowest BCUT2D eigenvalue weighted by atomic mass is 10.1. The summed E-state index contributed by atoms with van der Waals surface area (Å²) < 4.78 is 0. The average molecular weight is 317 g/mol. The van der Waals surface area contributed by atoms with Crippen molar-refractivity contribution >= 4 is 23.8 Å². The van der Waals surface area contributed by atoms with Crippen molar-refractivity contribution in [3.63, 3.8) is 0 Å². The van der Waals surface area contributed by atoms with E-state index in [1.165, 1.54) is 11.0 Å². The van der Waals surface area contributed by atoms with Gasteiger partial charge in [0.1, 0.15) is 0 Å². The highest BCUT2D eigenvalue weighted by Crippen LogP contribution is 2.07. The van der Waals surface area contributed by atoms with E-state index in [9.17, 15) is 14.4 Å². The van der Waals surface area contributed by atoms with Crippen LogP contribution in [0.5, 0.6) is 0 Å². The molecule has 0 unspecified atom stereocenters. The molecule has 0 radical (unpaired) electrons. The molecule has 0 atom stereocenters. The smallest absolute Gasteiger partial charge is 0.251 e. The van der Waals surface area contributed by atoms with Gasteiger partial charge in [0.2, 0.25) is 11.8 Å². The van der Waals surface area contributed by atoms with Crippen LogP contribution in [0.3, 0.4) is 0 Å². The predicted octanol–water partition coefficient (Wildman–Crippen LogP) is 1.04. The molecule has 1 aromatic carbocycles. The number of nitrogens with zero attached hydrogens (tertiary/aromatic N) is 1. The number of nitrogens with one attached hydrogen (secondary N) is 2. The molecule has 6 heteroatoms. The van der Waals surface area contributed by atoms with Crippen LogP contribution in [-0.4, -0.2) is 49.3 Å². The molecule has 0 aliphatic carbocycles. The fourth-order valence-corrected chi connectivity index (χ4v) is 1.93. The number of likely N-dealkylation sites (N-methyl/N-ethyl adjacent to an activating group) is 2. The third-order valence-electron chi connectivity index (χ3n) is 3.22. The standard InChI is InChI=1S/C17H23N3O3/c1-4-19-15(21)12-20(5-2)16(22)11-8-13-6-9-14(10-7-13)17(23)18-3/h6-11H,4-5,12H2,1-3H3,(H,18,23)(H,19,21)/b11-8+. The van der Waals surface area contributed by atoms with Gasteiger partial charge in [0.25, 0.3) is 5.91 Å². The Bertz CT molecular complexity index is 579. The molecule has 0 saturated carbocycles. The second kappa shape index (κ2) is 9.40. The van der Waals surface area contributed by atoms with E-state index in [4.69, 9.17) is 0 Å². The van der Waals surface area contributed by atoms with Gasteiger partial charge in [0.15, 0.2) is 0 Å². The summed E-state index contributed by atoms with van der Waals surface area (Å²) >= 11 is 0. The Morgan fingerprint density at radius 2 is 1.78 bits per heavy atom. The van der Waals surface area contributed by atoms with E-state index in [0.29, 0.717) is 18.7 Å². The SMILES string of the molecule is CCNC(=O)CN(CC)C(=O)/C=C/c1ccc(C(=O)NC)cc1. The minimum absolute atomic E-state index is 0.0448. The van der Waals surface area contributed by atoms with Crippen molar-refractivity contribution in [2.24, 2.45) is 0 Å². The van der Waals surface area contributed by atoms with Crippen LogP contribution in [0.4, 0.5) is 0 Å². The third-order valence-corrected chi connectivity index (χ3v) is 3.22. The first-order valence-electron chi connectivity index (χ1n) is 7.57. The number of hydrogen-bond donors (Lipinski definition) is 2. The summed E-state index contributed by atoms with van der Waals surface area (Å²) in [4.78, 5) is 36.6. The lowest BCUT2D eigenvalue weighted by molar-refractivity contribution is -0.132. The van der Waals surface area contributed by atoms with Crippen LogP contribution in [0.15, 0.2) is 30.3 Å². The molecule has 0 fully saturated rings. The maximum absolute atomic E-state index is 12.1. The molecule has 0 spiro atoms. The number of rotatable bonds is 7. The van der Waals surface area contributed by atoms with Gasteiger partial charge in [-0.3, -0.25) is 14.4 Å². The summed E-state index contributed by atoms with van der Waals surface area (Å²) in [5.41, 5.74) is 1.36. The Labute approximate surface area is 136 Å². The highest BCUT2D eigenvalue weighted by molar-refractivity contribution is 5.95. The van der Waals surface area contributed by atoms with Gasteiger partial charge in [0, 0.05) is 31.8 Å². The van der Waals surface area contributed by atoms with Crippen molar-refractivity contribution in [2.75, 3.05) is 26.7 Å². The topological polar surface area (TPSA) is 78.5 Å². The van der Waals surface area contributed by atoms with Crippen molar-refractivity contribution in [1.82, 2.24) is 15.5 Å². The number of benzene rings is 1. The highest BCUT2D eigenvalue weighted by Gasteiger charge is 2.12. The largest absolute Gasteiger partial charge is 0.355 e. The zero-order chi connectivity index (χ0) is 17.2. The first-order valence-corrected chi connectivity index (χ1v) is 7.57. The molecular formula is C17H23N3O3. The van der Waals surface area contributed by atoms with Crippen molar-refractivity contribution in [2.45, 2.75) is 13.8 Å². The van der Waals surface area contributed by atoms with Crippen LogP contribution >= 0.6 is 0 Å². The van der Waals surface area contributed by atoms with Gasteiger partial charge in [-0.2, -0.15) is 0 Å². The normalized spacial score (nSPS) is 10.4. The van der Waals surface area contributed by atoms with Gasteiger partial charge in [0.05, 0.1) is 6.54 Å². The molecule has 1 aromatic rings. The van der Waals surface area contributed by atoms with Crippen LogP contribution in [0.1, 0.15) is 29.8 Å². The van der Waals surface area contributed by atoms with E-state index in [1.807, 2.05) is 13.8 Å². The van der Waals surface area contributed by atoms with Gasteiger partial charge in [-0.1, -0.05) is 12.1 Å². The first-order chi connectivity index (χ1) is 11.0. The molecule has 6 nitrogen and oxygen atoms in total. The van der Waals surface area contributed by atoms with Crippen LogP contribution in [0.2, 0.25) is 0 Å². The molecule has 0 heterocycles. The summed E-state index contributed by atoms with van der Waals surface area (Å²) in [6.07, 6.45) is 3.09. The van der Waals surface area contributed by atoms with E-state index in [2.05, 4.69) is 10.6 Å². The quantitative estimate of drug-likeness (QED) is 0.738. The van der Waals surface area contributed by atoms with Gasteiger partial charge < -0.3 is 15.5 Å². The summed E-state index contributed by atoms with van der Waals surface area (Å²) in [6.45, 7) is 4.69. The molecule has 1 rings (SSSR count). The van der Waals surface area contributed by atoms with E-state index in [1.54, 1.807) is 37.4 Å². The molecule has 3 amide bonds. The van der Waals surface area contributed by atoms with Crippen molar-refractivity contribution in [3.05, 3.63) is 41.5 Å². The second-order valence-corrected chi connectivity index (χ2v) is 4.84. The number of amides is 3. The van der Waals surface area contributed by atoms with E-state index >= 15 is 0 Å². The fourth-order valence-electron chi connectivity index (χ4n) is 1.93. The van der Waals surface area contributed by atoms with Crippen molar-refractivity contribution in [1.29, 1.82) is 0 Å².